The van der Waals surface area contributed by atoms with Crippen LogP contribution in [0.25, 0.3) is 0 Å². The highest BCUT2D eigenvalue weighted by Crippen LogP contribution is 2.38. The molecule has 2 rings (SSSR count). The van der Waals surface area contributed by atoms with Gasteiger partial charge in [0.15, 0.2) is 0 Å². The van der Waals surface area contributed by atoms with Crippen molar-refractivity contribution in [3.05, 3.63) is 65.2 Å². The Morgan fingerprint density at radius 2 is 1.50 bits per heavy atom. The lowest BCUT2D eigenvalue weighted by molar-refractivity contribution is 0.452. The summed E-state index contributed by atoms with van der Waals surface area (Å²) in [6.07, 6.45) is 3.50. The van der Waals surface area contributed by atoms with Crippen molar-refractivity contribution in [2.24, 2.45) is 0 Å². The summed E-state index contributed by atoms with van der Waals surface area (Å²) in [4.78, 5) is 0. The van der Waals surface area contributed by atoms with Crippen molar-refractivity contribution >= 4 is 0 Å². The maximum Gasteiger partial charge on any atom is 0.119 e. The number of phenols is 1. The van der Waals surface area contributed by atoms with E-state index in [9.17, 15) is 5.11 Å². The molecular weight excluding hydrogens is 244 g/mol. The highest BCUT2D eigenvalue weighted by Gasteiger charge is 2.27. The Kier molecular flexibility index (Phi) is 4.49. The van der Waals surface area contributed by atoms with Gasteiger partial charge in [-0.25, -0.2) is 0 Å². The Hall–Kier alpha value is -1.76. The van der Waals surface area contributed by atoms with Crippen molar-refractivity contribution in [3.8, 4) is 5.75 Å². The second kappa shape index (κ2) is 6.13. The maximum atomic E-state index is 10.2. The first kappa shape index (κ1) is 14.6. The number of rotatable bonds is 5. The average molecular weight is 268 g/mol. The molecule has 0 saturated carbocycles. The maximum absolute atomic E-state index is 10.2. The molecule has 1 nitrogen and oxygen atoms in total. The molecular formula is C19H24O. The van der Waals surface area contributed by atoms with Gasteiger partial charge in [-0.1, -0.05) is 69.7 Å². The number of aryl methyl sites for hydroxylation is 1. The van der Waals surface area contributed by atoms with Crippen LogP contribution in [0, 0.1) is 0 Å². The van der Waals surface area contributed by atoms with Crippen molar-refractivity contribution in [1.82, 2.24) is 0 Å². The first-order chi connectivity index (χ1) is 9.57. The molecule has 0 aliphatic carbocycles. The van der Waals surface area contributed by atoms with Gasteiger partial charge < -0.3 is 5.11 Å². The van der Waals surface area contributed by atoms with E-state index in [-0.39, 0.29) is 5.41 Å². The van der Waals surface area contributed by atoms with Crippen LogP contribution >= 0.6 is 0 Å². The van der Waals surface area contributed by atoms with Gasteiger partial charge in [-0.15, -0.1) is 0 Å². The van der Waals surface area contributed by atoms with Crippen LogP contribution in [0.5, 0.6) is 5.75 Å². The van der Waals surface area contributed by atoms with E-state index < -0.39 is 0 Å². The van der Waals surface area contributed by atoms with Gasteiger partial charge >= 0.3 is 0 Å². The fraction of sp³-hybridized carbons (Fsp3) is 0.368. The number of unbranched alkanes of at least 4 members (excludes halogenated alkanes) is 1. The van der Waals surface area contributed by atoms with Gasteiger partial charge in [-0.2, -0.15) is 0 Å². The number of phenolic OH excluding ortho intramolecular Hbond substituents is 1. The molecule has 0 spiro atoms. The van der Waals surface area contributed by atoms with E-state index in [2.05, 4.69) is 45.0 Å². The lowest BCUT2D eigenvalue weighted by Gasteiger charge is -2.29. The minimum atomic E-state index is -0.185. The zero-order chi connectivity index (χ0) is 14.6. The fourth-order valence-electron chi connectivity index (χ4n) is 2.86. The molecule has 0 aliphatic rings. The summed E-state index contributed by atoms with van der Waals surface area (Å²) in [6, 6.07) is 16.3. The molecule has 0 unspecified atom stereocenters. The Bertz CT molecular complexity index is 569. The average Bonchev–Trinajstić information content (AvgIpc) is 2.45. The SMILES string of the molecule is CCCCc1ccccc1C(C)(C)c1ccccc1O. The number of para-hydroxylation sites is 1. The summed E-state index contributed by atoms with van der Waals surface area (Å²) < 4.78 is 0. The van der Waals surface area contributed by atoms with Gasteiger partial charge in [0.1, 0.15) is 5.75 Å². The molecule has 0 heterocycles. The molecule has 2 aromatic carbocycles. The quantitative estimate of drug-likeness (QED) is 0.803. The fourth-order valence-corrected chi connectivity index (χ4v) is 2.86. The molecule has 2 aromatic rings. The second-order valence-electron chi connectivity index (χ2n) is 5.90. The molecule has 1 N–H and O–H groups in total. The summed E-state index contributed by atoms with van der Waals surface area (Å²) in [7, 11) is 0. The summed E-state index contributed by atoms with van der Waals surface area (Å²) in [6.45, 7) is 6.59. The minimum Gasteiger partial charge on any atom is -0.508 e. The van der Waals surface area contributed by atoms with Crippen LogP contribution in [0.1, 0.15) is 50.3 Å². The van der Waals surface area contributed by atoms with E-state index >= 15 is 0 Å². The normalized spacial score (nSPS) is 11.6. The minimum absolute atomic E-state index is 0.185. The van der Waals surface area contributed by atoms with Crippen LogP contribution in [0.3, 0.4) is 0 Å². The van der Waals surface area contributed by atoms with Crippen LogP contribution < -0.4 is 0 Å². The molecule has 20 heavy (non-hydrogen) atoms. The van der Waals surface area contributed by atoms with Gasteiger partial charge in [-0.05, 0) is 30.0 Å². The monoisotopic (exact) mass is 268 g/mol. The predicted molar refractivity (Wildman–Crippen MR) is 85.3 cm³/mol. The third kappa shape index (κ3) is 2.87. The third-order valence-electron chi connectivity index (χ3n) is 4.07. The van der Waals surface area contributed by atoms with Gasteiger partial charge in [0.25, 0.3) is 0 Å². The second-order valence-corrected chi connectivity index (χ2v) is 5.90. The Morgan fingerprint density at radius 1 is 0.900 bits per heavy atom. The summed E-state index contributed by atoms with van der Waals surface area (Å²) in [5.41, 5.74) is 3.51. The van der Waals surface area contributed by atoms with Crippen LogP contribution in [0.4, 0.5) is 0 Å². The van der Waals surface area contributed by atoms with Crippen molar-refractivity contribution < 1.29 is 5.11 Å². The Morgan fingerprint density at radius 3 is 2.15 bits per heavy atom. The highest BCUT2D eigenvalue weighted by atomic mass is 16.3. The van der Waals surface area contributed by atoms with Crippen molar-refractivity contribution in [1.29, 1.82) is 0 Å². The van der Waals surface area contributed by atoms with E-state index in [1.54, 1.807) is 6.07 Å². The predicted octanol–water partition coefficient (Wildman–Crippen LogP) is 5.06. The molecule has 0 amide bonds. The first-order valence-electron chi connectivity index (χ1n) is 7.44. The van der Waals surface area contributed by atoms with Crippen LogP contribution in [0.2, 0.25) is 0 Å². The van der Waals surface area contributed by atoms with E-state index in [1.165, 1.54) is 24.0 Å². The van der Waals surface area contributed by atoms with Gasteiger partial charge in [0, 0.05) is 11.0 Å². The smallest absolute Gasteiger partial charge is 0.119 e. The molecule has 0 fully saturated rings. The zero-order valence-corrected chi connectivity index (χ0v) is 12.7. The highest BCUT2D eigenvalue weighted by molar-refractivity contribution is 5.47. The molecule has 0 atom stereocenters. The lowest BCUT2D eigenvalue weighted by Crippen LogP contribution is -2.21. The summed E-state index contributed by atoms with van der Waals surface area (Å²) in [5.74, 6) is 0.378. The molecule has 0 aromatic heterocycles. The van der Waals surface area contributed by atoms with Gasteiger partial charge in [0.05, 0.1) is 0 Å². The van der Waals surface area contributed by atoms with Crippen LogP contribution in [-0.2, 0) is 11.8 Å². The number of benzene rings is 2. The molecule has 1 heteroatoms. The summed E-state index contributed by atoms with van der Waals surface area (Å²) >= 11 is 0. The third-order valence-corrected chi connectivity index (χ3v) is 4.07. The number of aromatic hydroxyl groups is 1. The Labute approximate surface area is 122 Å². The van der Waals surface area contributed by atoms with Crippen molar-refractivity contribution in [2.75, 3.05) is 0 Å². The molecule has 0 radical (unpaired) electrons. The molecule has 106 valence electrons. The van der Waals surface area contributed by atoms with E-state index in [0.717, 1.165) is 12.0 Å². The van der Waals surface area contributed by atoms with Gasteiger partial charge in [-0.3, -0.25) is 0 Å². The molecule has 0 bridgehead atoms. The van der Waals surface area contributed by atoms with Gasteiger partial charge in [0.2, 0.25) is 0 Å². The van der Waals surface area contributed by atoms with E-state index in [1.807, 2.05) is 18.2 Å². The topological polar surface area (TPSA) is 20.2 Å². The Balaban J connectivity index is 2.46. The lowest BCUT2D eigenvalue weighted by atomic mass is 9.75. The van der Waals surface area contributed by atoms with Crippen molar-refractivity contribution in [3.63, 3.8) is 0 Å². The first-order valence-corrected chi connectivity index (χ1v) is 7.44. The van der Waals surface area contributed by atoms with Crippen LogP contribution in [0.15, 0.2) is 48.5 Å². The summed E-state index contributed by atoms with van der Waals surface area (Å²) in [5, 5.41) is 10.2. The molecule has 0 aliphatic heterocycles. The zero-order valence-electron chi connectivity index (χ0n) is 12.7. The number of hydrogen-bond acceptors (Lipinski definition) is 1. The standard InChI is InChI=1S/C19H24O/c1-4-5-10-15-11-6-7-12-16(15)19(2,3)17-13-8-9-14-18(17)20/h6-9,11-14,20H,4-5,10H2,1-3H3. The van der Waals surface area contributed by atoms with Crippen LogP contribution in [-0.4, -0.2) is 5.11 Å². The largest absolute Gasteiger partial charge is 0.508 e. The molecule has 0 saturated heterocycles. The van der Waals surface area contributed by atoms with E-state index in [4.69, 9.17) is 0 Å². The van der Waals surface area contributed by atoms with Crippen molar-refractivity contribution in [2.45, 2.75) is 45.4 Å². The number of hydrogen-bond donors (Lipinski definition) is 1. The van der Waals surface area contributed by atoms with E-state index in [0.29, 0.717) is 5.75 Å².